The molecule has 26 heavy (non-hydrogen) atoms. The Balaban J connectivity index is 1.93. The van der Waals surface area contributed by atoms with Gasteiger partial charge in [-0.1, -0.05) is 0 Å². The molecule has 0 spiro atoms. The summed E-state index contributed by atoms with van der Waals surface area (Å²) in [5, 5.41) is 2.81. The second-order valence-corrected chi connectivity index (χ2v) is 8.59. The molecule has 0 bridgehead atoms. The van der Waals surface area contributed by atoms with Crippen molar-refractivity contribution in [3.8, 4) is 5.75 Å². The van der Waals surface area contributed by atoms with Crippen molar-refractivity contribution in [3.05, 3.63) is 24.3 Å². The van der Waals surface area contributed by atoms with E-state index in [1.807, 2.05) is 13.8 Å². The predicted octanol–water partition coefficient (Wildman–Crippen LogP) is 1.93. The number of hydrogen-bond acceptors (Lipinski definition) is 5. The van der Waals surface area contributed by atoms with E-state index in [0.717, 1.165) is 25.7 Å². The Morgan fingerprint density at radius 3 is 2.58 bits per heavy atom. The summed E-state index contributed by atoms with van der Waals surface area (Å²) in [6.07, 6.45) is 3.29. The van der Waals surface area contributed by atoms with Crippen LogP contribution in [0.3, 0.4) is 0 Å². The van der Waals surface area contributed by atoms with Crippen molar-refractivity contribution >= 4 is 21.6 Å². The van der Waals surface area contributed by atoms with E-state index >= 15 is 0 Å². The molecule has 2 rings (SSSR count). The number of nitrogens with zero attached hydrogens (tertiary/aromatic N) is 1. The summed E-state index contributed by atoms with van der Waals surface area (Å²) in [5.74, 6) is 0.486. The summed E-state index contributed by atoms with van der Waals surface area (Å²) in [6.45, 7) is 5.14. The minimum atomic E-state index is -3.49. The highest BCUT2D eigenvalue weighted by Gasteiger charge is 2.20. The van der Waals surface area contributed by atoms with Crippen molar-refractivity contribution in [2.75, 3.05) is 30.3 Å². The van der Waals surface area contributed by atoms with E-state index in [9.17, 15) is 13.2 Å². The van der Waals surface area contributed by atoms with E-state index in [4.69, 9.17) is 9.47 Å². The number of benzene rings is 1. The molecule has 1 saturated heterocycles. The topological polar surface area (TPSA) is 84.9 Å². The quantitative estimate of drug-likeness (QED) is 0.703. The fourth-order valence-electron chi connectivity index (χ4n) is 2.77. The molecular weight excluding hydrogens is 356 g/mol. The largest absolute Gasteiger partial charge is 0.491 e. The van der Waals surface area contributed by atoms with E-state index in [2.05, 4.69) is 5.32 Å². The third-order valence-corrected chi connectivity index (χ3v) is 5.18. The average Bonchev–Trinajstić information content (AvgIpc) is 3.06. The first-order chi connectivity index (χ1) is 12.3. The Labute approximate surface area is 155 Å². The lowest BCUT2D eigenvalue weighted by atomic mass is 10.2. The van der Waals surface area contributed by atoms with Crippen LogP contribution in [0.5, 0.6) is 5.75 Å². The SMILES string of the molecule is CC(C)Oc1ccc(N(CCC(=O)NCC2CCCO2)S(C)(=O)=O)cc1. The standard InChI is InChI=1S/C18H28N2O5S/c1-14(2)25-16-8-6-15(7-9-16)20(26(3,22)23)11-10-18(21)19-13-17-5-4-12-24-17/h6-9,14,17H,4-5,10-13H2,1-3H3,(H,19,21). The summed E-state index contributed by atoms with van der Waals surface area (Å²) in [6, 6.07) is 6.82. The zero-order valence-corrected chi connectivity index (χ0v) is 16.4. The molecule has 146 valence electrons. The van der Waals surface area contributed by atoms with Crippen molar-refractivity contribution < 1.29 is 22.7 Å². The van der Waals surface area contributed by atoms with Gasteiger partial charge in [0.25, 0.3) is 0 Å². The molecule has 1 N–H and O–H groups in total. The van der Waals surface area contributed by atoms with Gasteiger partial charge in [-0.2, -0.15) is 0 Å². The second kappa shape index (κ2) is 9.23. The number of anilines is 1. The molecule has 1 heterocycles. The highest BCUT2D eigenvalue weighted by atomic mass is 32.2. The second-order valence-electron chi connectivity index (χ2n) is 6.68. The Hall–Kier alpha value is -1.80. The van der Waals surface area contributed by atoms with Gasteiger partial charge in [0.15, 0.2) is 0 Å². The third kappa shape index (κ3) is 6.49. The summed E-state index contributed by atoms with van der Waals surface area (Å²) in [5.41, 5.74) is 0.510. The molecule has 0 aliphatic carbocycles. The van der Waals surface area contributed by atoms with Gasteiger partial charge in [-0.3, -0.25) is 9.10 Å². The van der Waals surface area contributed by atoms with Gasteiger partial charge in [-0.05, 0) is 51.0 Å². The van der Waals surface area contributed by atoms with Gasteiger partial charge in [0.2, 0.25) is 15.9 Å². The van der Waals surface area contributed by atoms with Gasteiger partial charge in [0.1, 0.15) is 5.75 Å². The lowest BCUT2D eigenvalue weighted by Gasteiger charge is -2.23. The molecule has 0 saturated carbocycles. The first-order valence-electron chi connectivity index (χ1n) is 8.88. The number of carbonyl (C=O) groups is 1. The van der Waals surface area contributed by atoms with E-state index in [-0.39, 0.29) is 31.1 Å². The molecule has 0 radical (unpaired) electrons. The fourth-order valence-corrected chi connectivity index (χ4v) is 3.70. The highest BCUT2D eigenvalue weighted by molar-refractivity contribution is 7.92. The summed E-state index contributed by atoms with van der Waals surface area (Å²) < 4.78 is 36.5. The number of ether oxygens (including phenoxy) is 2. The molecule has 1 aliphatic rings. The number of rotatable bonds is 9. The van der Waals surface area contributed by atoms with Gasteiger partial charge in [-0.25, -0.2) is 8.42 Å². The lowest BCUT2D eigenvalue weighted by Crippen LogP contribution is -2.36. The molecule has 1 fully saturated rings. The Morgan fingerprint density at radius 2 is 2.04 bits per heavy atom. The normalized spacial score (nSPS) is 17.3. The number of hydrogen-bond donors (Lipinski definition) is 1. The number of amides is 1. The smallest absolute Gasteiger partial charge is 0.232 e. The molecule has 0 aromatic heterocycles. The van der Waals surface area contributed by atoms with Crippen LogP contribution in [0, 0.1) is 0 Å². The summed E-state index contributed by atoms with van der Waals surface area (Å²) in [4.78, 5) is 12.0. The van der Waals surface area contributed by atoms with E-state index in [0.29, 0.717) is 18.0 Å². The van der Waals surface area contributed by atoms with Gasteiger partial charge >= 0.3 is 0 Å². The molecule has 1 aromatic rings. The first kappa shape index (κ1) is 20.5. The van der Waals surface area contributed by atoms with Crippen LogP contribution in [0.2, 0.25) is 0 Å². The van der Waals surface area contributed by atoms with Crippen LogP contribution in [0.1, 0.15) is 33.1 Å². The molecule has 8 heteroatoms. The molecule has 7 nitrogen and oxygen atoms in total. The van der Waals surface area contributed by atoms with Crippen LogP contribution < -0.4 is 14.4 Å². The van der Waals surface area contributed by atoms with Crippen molar-refractivity contribution in [1.29, 1.82) is 0 Å². The maximum absolute atomic E-state index is 12.1. The maximum atomic E-state index is 12.1. The van der Waals surface area contributed by atoms with Crippen molar-refractivity contribution in [2.45, 2.75) is 45.3 Å². The summed E-state index contributed by atoms with van der Waals surface area (Å²) in [7, 11) is -3.49. The van der Waals surface area contributed by atoms with Crippen molar-refractivity contribution in [3.63, 3.8) is 0 Å². The van der Waals surface area contributed by atoms with Gasteiger partial charge in [0.05, 0.1) is 24.2 Å². The summed E-state index contributed by atoms with van der Waals surface area (Å²) >= 11 is 0. The van der Waals surface area contributed by atoms with Crippen LogP contribution in [-0.4, -0.2) is 52.5 Å². The van der Waals surface area contributed by atoms with Gasteiger partial charge in [0, 0.05) is 26.1 Å². The molecule has 1 atom stereocenters. The van der Waals surface area contributed by atoms with Gasteiger partial charge < -0.3 is 14.8 Å². The van der Waals surface area contributed by atoms with Gasteiger partial charge in [-0.15, -0.1) is 0 Å². The lowest BCUT2D eigenvalue weighted by molar-refractivity contribution is -0.121. The zero-order valence-electron chi connectivity index (χ0n) is 15.6. The minimum absolute atomic E-state index is 0.0411. The first-order valence-corrected chi connectivity index (χ1v) is 10.7. The van der Waals surface area contributed by atoms with Crippen LogP contribution in [0.15, 0.2) is 24.3 Å². The molecule has 1 amide bonds. The fraction of sp³-hybridized carbons (Fsp3) is 0.611. The highest BCUT2D eigenvalue weighted by Crippen LogP contribution is 2.22. The molecule has 1 unspecified atom stereocenters. The van der Waals surface area contributed by atoms with Crippen LogP contribution in [-0.2, 0) is 19.6 Å². The number of sulfonamides is 1. The number of carbonyl (C=O) groups excluding carboxylic acids is 1. The Bertz CT molecular complexity index is 682. The average molecular weight is 384 g/mol. The van der Waals surface area contributed by atoms with Crippen molar-refractivity contribution in [2.24, 2.45) is 0 Å². The Morgan fingerprint density at radius 1 is 1.35 bits per heavy atom. The molecular formula is C18H28N2O5S. The Kier molecular flexibility index (Phi) is 7.28. The van der Waals surface area contributed by atoms with Crippen molar-refractivity contribution in [1.82, 2.24) is 5.32 Å². The van der Waals surface area contributed by atoms with E-state index in [1.54, 1.807) is 24.3 Å². The molecule has 1 aliphatic heterocycles. The zero-order chi connectivity index (χ0) is 19.2. The maximum Gasteiger partial charge on any atom is 0.232 e. The monoisotopic (exact) mass is 384 g/mol. The van der Waals surface area contributed by atoms with Crippen LogP contribution >= 0.6 is 0 Å². The third-order valence-electron chi connectivity index (χ3n) is 3.99. The molecule has 1 aromatic carbocycles. The van der Waals surface area contributed by atoms with E-state index in [1.165, 1.54) is 4.31 Å². The minimum Gasteiger partial charge on any atom is -0.491 e. The predicted molar refractivity (Wildman–Crippen MR) is 101 cm³/mol. The van der Waals surface area contributed by atoms with Crippen LogP contribution in [0.4, 0.5) is 5.69 Å². The number of nitrogens with one attached hydrogen (secondary N) is 1. The van der Waals surface area contributed by atoms with Crippen LogP contribution in [0.25, 0.3) is 0 Å². The van der Waals surface area contributed by atoms with E-state index < -0.39 is 10.0 Å².